The smallest absolute Gasteiger partial charge is 0.145 e. The van der Waals surface area contributed by atoms with Crippen LogP contribution >= 0.6 is 0 Å². The molecule has 0 fully saturated rings. The molecule has 4 heteroatoms. The molecule has 0 saturated carbocycles. The maximum Gasteiger partial charge on any atom is 0.145 e. The number of hydrogen-bond acceptors (Lipinski definition) is 4. The zero-order valence-electron chi connectivity index (χ0n) is 13.9. The molecule has 22 heavy (non-hydrogen) atoms. The van der Waals surface area contributed by atoms with Gasteiger partial charge in [0.2, 0.25) is 0 Å². The molecule has 0 aliphatic heterocycles. The lowest BCUT2D eigenvalue weighted by Crippen LogP contribution is -2.60. The highest BCUT2D eigenvalue weighted by Crippen LogP contribution is 2.57. The van der Waals surface area contributed by atoms with E-state index in [1.165, 1.54) is 27.7 Å². The number of allylic oxidation sites excluding steroid dienone is 2. The lowest BCUT2D eigenvalue weighted by molar-refractivity contribution is -0.164. The minimum Gasteiger partial charge on any atom is -0.299 e. The first-order valence-corrected chi connectivity index (χ1v) is 7.94. The molecular weight excluding hydrogens is 280 g/mol. The van der Waals surface area contributed by atoms with Gasteiger partial charge in [-0.05, 0) is 66.2 Å². The molecule has 0 aromatic carbocycles. The van der Waals surface area contributed by atoms with Crippen LogP contribution in [0.5, 0.6) is 0 Å². The Hall–Kier alpha value is -1.58. The van der Waals surface area contributed by atoms with Gasteiger partial charge in [0, 0.05) is 0 Å². The van der Waals surface area contributed by atoms with Crippen molar-refractivity contribution in [1.82, 2.24) is 0 Å². The van der Waals surface area contributed by atoms with E-state index < -0.39 is 10.8 Å². The van der Waals surface area contributed by atoms with Crippen LogP contribution < -0.4 is 0 Å². The Kier molecular flexibility index (Phi) is 4.24. The van der Waals surface area contributed by atoms with Gasteiger partial charge < -0.3 is 0 Å². The summed E-state index contributed by atoms with van der Waals surface area (Å²) in [4.78, 5) is 50.1. The van der Waals surface area contributed by atoms with Crippen molar-refractivity contribution in [2.24, 2.45) is 10.8 Å². The van der Waals surface area contributed by atoms with Gasteiger partial charge in [-0.1, -0.05) is 11.1 Å². The van der Waals surface area contributed by atoms with Gasteiger partial charge in [-0.2, -0.15) is 0 Å². The molecule has 120 valence electrons. The third kappa shape index (κ3) is 2.03. The third-order valence-corrected chi connectivity index (χ3v) is 5.80. The second-order valence-electron chi connectivity index (χ2n) is 6.80. The summed E-state index contributed by atoms with van der Waals surface area (Å²) in [6.07, 6.45) is 4.29. The SMILES string of the molecule is CC(=O)C1(C(C)=O)CC2=C(CCCC2)CC1(C(C)=O)C(C)=O. The highest BCUT2D eigenvalue weighted by molar-refractivity contribution is 6.19. The molecule has 0 aromatic heterocycles. The molecule has 0 spiro atoms. The predicted octanol–water partition coefficient (Wildman–Crippen LogP) is 2.98. The molecule has 0 N–H and O–H groups in total. The van der Waals surface area contributed by atoms with Crippen molar-refractivity contribution in [3.8, 4) is 0 Å². The van der Waals surface area contributed by atoms with E-state index in [9.17, 15) is 19.2 Å². The van der Waals surface area contributed by atoms with Crippen LogP contribution in [-0.2, 0) is 19.2 Å². The van der Waals surface area contributed by atoms with Crippen molar-refractivity contribution >= 4 is 23.1 Å². The first kappa shape index (κ1) is 16.8. The lowest BCUT2D eigenvalue weighted by Gasteiger charge is -2.50. The number of carbonyl (C=O) groups is 4. The van der Waals surface area contributed by atoms with Crippen LogP contribution in [0.1, 0.15) is 66.2 Å². The molecule has 0 amide bonds. The number of hydrogen-bond donors (Lipinski definition) is 0. The zero-order valence-corrected chi connectivity index (χ0v) is 13.9. The van der Waals surface area contributed by atoms with E-state index in [1.807, 2.05) is 0 Å². The van der Waals surface area contributed by atoms with E-state index in [4.69, 9.17) is 0 Å². The Labute approximate surface area is 131 Å². The van der Waals surface area contributed by atoms with Crippen LogP contribution in [0.3, 0.4) is 0 Å². The van der Waals surface area contributed by atoms with Crippen molar-refractivity contribution in [3.63, 3.8) is 0 Å². The molecule has 0 atom stereocenters. The number of ketones is 4. The summed E-state index contributed by atoms with van der Waals surface area (Å²) in [5.41, 5.74) is -0.786. The fourth-order valence-corrected chi connectivity index (χ4v) is 4.59. The van der Waals surface area contributed by atoms with Gasteiger partial charge in [-0.25, -0.2) is 0 Å². The molecule has 0 heterocycles. The van der Waals surface area contributed by atoms with Crippen LogP contribution in [0.4, 0.5) is 0 Å². The Morgan fingerprint density at radius 2 is 0.909 bits per heavy atom. The standard InChI is InChI=1S/C18H24O4/c1-11(19)17(12(2)20)9-15-7-5-6-8-16(15)10-18(17,13(3)21)14(4)22/h5-10H2,1-4H3. The maximum absolute atomic E-state index is 12.5. The Balaban J connectivity index is 2.78. The average molecular weight is 304 g/mol. The highest BCUT2D eigenvalue weighted by Gasteiger charge is 2.65. The molecule has 0 aromatic rings. The molecule has 4 nitrogen and oxygen atoms in total. The Morgan fingerprint density at radius 3 is 1.14 bits per heavy atom. The van der Waals surface area contributed by atoms with Gasteiger partial charge in [0.1, 0.15) is 34.0 Å². The van der Waals surface area contributed by atoms with Crippen molar-refractivity contribution < 1.29 is 19.2 Å². The molecule has 0 radical (unpaired) electrons. The van der Waals surface area contributed by atoms with Crippen molar-refractivity contribution in [2.75, 3.05) is 0 Å². The summed E-state index contributed by atoms with van der Waals surface area (Å²) in [6.45, 7) is 5.37. The first-order valence-electron chi connectivity index (χ1n) is 7.94. The second-order valence-corrected chi connectivity index (χ2v) is 6.80. The van der Waals surface area contributed by atoms with Crippen molar-refractivity contribution in [3.05, 3.63) is 11.1 Å². The van der Waals surface area contributed by atoms with Gasteiger partial charge in [0.15, 0.2) is 0 Å². The van der Waals surface area contributed by atoms with Gasteiger partial charge in [-0.15, -0.1) is 0 Å². The van der Waals surface area contributed by atoms with Crippen LogP contribution in [0, 0.1) is 10.8 Å². The van der Waals surface area contributed by atoms with Crippen LogP contribution in [0.15, 0.2) is 11.1 Å². The first-order chi connectivity index (χ1) is 10.2. The van der Waals surface area contributed by atoms with Crippen LogP contribution in [0.2, 0.25) is 0 Å². The largest absolute Gasteiger partial charge is 0.299 e. The summed E-state index contributed by atoms with van der Waals surface area (Å²) in [5, 5.41) is 0. The maximum atomic E-state index is 12.5. The van der Waals surface area contributed by atoms with E-state index >= 15 is 0 Å². The Bertz CT molecular complexity index is 514. The number of rotatable bonds is 4. The molecule has 0 unspecified atom stereocenters. The quantitative estimate of drug-likeness (QED) is 0.591. The fraction of sp³-hybridized carbons (Fsp3) is 0.667. The molecule has 0 bridgehead atoms. The van der Waals surface area contributed by atoms with Crippen molar-refractivity contribution in [2.45, 2.75) is 66.2 Å². The summed E-state index contributed by atoms with van der Waals surface area (Å²) >= 11 is 0. The van der Waals surface area contributed by atoms with Gasteiger partial charge in [-0.3, -0.25) is 19.2 Å². The summed E-state index contributed by atoms with van der Waals surface area (Å²) in [7, 11) is 0. The van der Waals surface area contributed by atoms with Crippen molar-refractivity contribution in [1.29, 1.82) is 0 Å². The molecule has 2 rings (SSSR count). The average Bonchev–Trinajstić information content (AvgIpc) is 2.44. The fourth-order valence-electron chi connectivity index (χ4n) is 4.59. The van der Waals surface area contributed by atoms with E-state index in [0.29, 0.717) is 0 Å². The third-order valence-electron chi connectivity index (χ3n) is 5.80. The minimum absolute atomic E-state index is 0.242. The van der Waals surface area contributed by atoms with Gasteiger partial charge in [0.25, 0.3) is 0 Å². The van der Waals surface area contributed by atoms with Gasteiger partial charge >= 0.3 is 0 Å². The van der Waals surface area contributed by atoms with E-state index in [0.717, 1.165) is 36.8 Å². The van der Waals surface area contributed by atoms with E-state index in [-0.39, 0.29) is 36.0 Å². The van der Waals surface area contributed by atoms with Gasteiger partial charge in [0.05, 0.1) is 0 Å². The minimum atomic E-state index is -1.51. The summed E-state index contributed by atoms with van der Waals surface area (Å²) in [5.74, 6) is -1.44. The van der Waals surface area contributed by atoms with E-state index in [1.54, 1.807) is 0 Å². The topological polar surface area (TPSA) is 68.3 Å². The van der Waals surface area contributed by atoms with E-state index in [2.05, 4.69) is 0 Å². The monoisotopic (exact) mass is 304 g/mol. The zero-order chi connectivity index (χ0) is 16.7. The second kappa shape index (κ2) is 5.56. The molecular formula is C18H24O4. The summed E-state index contributed by atoms with van der Waals surface area (Å²) in [6, 6.07) is 0. The predicted molar refractivity (Wildman–Crippen MR) is 82.3 cm³/mol. The van der Waals surface area contributed by atoms with Crippen LogP contribution in [0.25, 0.3) is 0 Å². The number of Topliss-reactive ketones (excluding diaryl/α,β-unsaturated/α-hetero) is 4. The highest BCUT2D eigenvalue weighted by atomic mass is 16.2. The number of carbonyl (C=O) groups excluding carboxylic acids is 4. The van der Waals surface area contributed by atoms with Crippen LogP contribution in [-0.4, -0.2) is 23.1 Å². The Morgan fingerprint density at radius 1 is 0.636 bits per heavy atom. The molecule has 0 saturated heterocycles. The normalized spacial score (nSPS) is 22.7. The molecule has 2 aliphatic carbocycles. The lowest BCUT2D eigenvalue weighted by atomic mass is 9.48. The molecule has 2 aliphatic rings. The summed E-state index contributed by atoms with van der Waals surface area (Å²) < 4.78 is 0.